The van der Waals surface area contributed by atoms with Gasteiger partial charge in [0.2, 0.25) is 5.75 Å². The molecule has 1 fully saturated rings. The topological polar surface area (TPSA) is 86.1 Å². The van der Waals surface area contributed by atoms with Crippen molar-refractivity contribution in [2.45, 2.75) is 32.2 Å². The zero-order chi connectivity index (χ0) is 19.4. The number of ether oxygens (including phenoxy) is 3. The summed E-state index contributed by atoms with van der Waals surface area (Å²) in [6.07, 6.45) is 2.56. The van der Waals surface area contributed by atoms with Crippen molar-refractivity contribution in [3.05, 3.63) is 29.7 Å². The zero-order valence-electron chi connectivity index (χ0n) is 16.1. The van der Waals surface area contributed by atoms with Gasteiger partial charge in [0.15, 0.2) is 17.3 Å². The molecule has 146 valence electrons. The molecule has 1 N–H and O–H groups in total. The van der Waals surface area contributed by atoms with Crippen LogP contribution in [0.25, 0.3) is 0 Å². The van der Waals surface area contributed by atoms with E-state index >= 15 is 0 Å². The first-order valence-electron chi connectivity index (χ1n) is 8.94. The minimum Gasteiger partial charge on any atom is -0.493 e. The number of hydrogen-bond acceptors (Lipinski definition) is 6. The number of nitrogens with one attached hydrogen (secondary N) is 1. The second-order valence-corrected chi connectivity index (χ2v) is 6.27. The number of rotatable bonds is 6. The number of aryl methyl sites for hydroxylation is 1. The van der Waals surface area contributed by atoms with E-state index in [9.17, 15) is 4.79 Å². The van der Waals surface area contributed by atoms with E-state index in [1.807, 2.05) is 13.0 Å². The molecule has 1 atom stereocenters. The number of amides is 2. The van der Waals surface area contributed by atoms with E-state index in [1.165, 1.54) is 21.3 Å². The lowest BCUT2D eigenvalue weighted by atomic mass is 10.1. The molecule has 0 aliphatic carbocycles. The number of benzene rings is 1. The smallest absolute Gasteiger partial charge is 0.322 e. The number of nitrogens with zero attached hydrogens (tertiary/aromatic N) is 2. The van der Waals surface area contributed by atoms with Crippen molar-refractivity contribution in [2.24, 2.45) is 0 Å². The maximum atomic E-state index is 12.9. The number of carbonyl (C=O) groups excluding carboxylic acids is 1. The third kappa shape index (κ3) is 3.79. The Morgan fingerprint density at radius 1 is 1.22 bits per heavy atom. The van der Waals surface area contributed by atoms with Crippen LogP contribution in [0.5, 0.6) is 17.2 Å². The number of methoxy groups -OCH3 is 3. The second-order valence-electron chi connectivity index (χ2n) is 6.27. The van der Waals surface area contributed by atoms with Crippen LogP contribution in [0.2, 0.25) is 0 Å². The molecule has 0 radical (unpaired) electrons. The summed E-state index contributed by atoms with van der Waals surface area (Å²) in [7, 11) is 4.61. The van der Waals surface area contributed by atoms with E-state index in [0.717, 1.165) is 30.7 Å². The average molecular weight is 375 g/mol. The van der Waals surface area contributed by atoms with Crippen LogP contribution in [-0.2, 0) is 6.42 Å². The summed E-state index contributed by atoms with van der Waals surface area (Å²) in [5, 5.41) is 6.96. The number of likely N-dealkylation sites (tertiary alicyclic amines) is 1. The molecule has 27 heavy (non-hydrogen) atoms. The predicted molar refractivity (Wildman–Crippen MR) is 99.7 cm³/mol. The van der Waals surface area contributed by atoms with Gasteiger partial charge in [0, 0.05) is 24.7 Å². The molecule has 1 aromatic heterocycles. The summed E-state index contributed by atoms with van der Waals surface area (Å²) in [5.41, 5.74) is 1.45. The monoisotopic (exact) mass is 375 g/mol. The summed E-state index contributed by atoms with van der Waals surface area (Å²) in [6.45, 7) is 2.67. The van der Waals surface area contributed by atoms with Crippen LogP contribution < -0.4 is 19.5 Å². The standard InChI is InChI=1S/C19H25N3O5/c1-5-12-9-15(27-21-12)14-7-6-8-22(14)19(23)20-13-10-16(24-2)18(26-4)17(11-13)25-3/h9-11,14H,5-8H2,1-4H3,(H,20,23)/t14-/m0/s1. The molecule has 0 bridgehead atoms. The van der Waals surface area contributed by atoms with Gasteiger partial charge in [-0.1, -0.05) is 12.1 Å². The number of hydrogen-bond donors (Lipinski definition) is 1. The molecular formula is C19H25N3O5. The van der Waals surface area contributed by atoms with Crippen molar-refractivity contribution in [1.82, 2.24) is 10.1 Å². The van der Waals surface area contributed by atoms with Crippen LogP contribution in [0, 0.1) is 0 Å². The van der Waals surface area contributed by atoms with Crippen LogP contribution >= 0.6 is 0 Å². The van der Waals surface area contributed by atoms with Crippen molar-refractivity contribution < 1.29 is 23.5 Å². The highest BCUT2D eigenvalue weighted by atomic mass is 16.5. The number of carbonyl (C=O) groups is 1. The predicted octanol–water partition coefficient (Wildman–Crippen LogP) is 3.63. The third-order valence-corrected chi connectivity index (χ3v) is 4.70. The quantitative estimate of drug-likeness (QED) is 0.830. The molecule has 1 aromatic carbocycles. The molecule has 0 saturated carbocycles. The minimum atomic E-state index is -0.207. The number of urea groups is 1. The highest BCUT2D eigenvalue weighted by Crippen LogP contribution is 2.40. The summed E-state index contributed by atoms with van der Waals surface area (Å²) < 4.78 is 21.4. The molecule has 3 rings (SSSR count). The normalized spacial score (nSPS) is 16.3. The second kappa shape index (κ2) is 8.20. The maximum Gasteiger partial charge on any atom is 0.322 e. The van der Waals surface area contributed by atoms with Crippen molar-refractivity contribution in [2.75, 3.05) is 33.2 Å². The van der Waals surface area contributed by atoms with Crippen LogP contribution in [0.1, 0.15) is 37.3 Å². The largest absolute Gasteiger partial charge is 0.493 e. The molecule has 2 amide bonds. The van der Waals surface area contributed by atoms with Gasteiger partial charge < -0.3 is 29.0 Å². The van der Waals surface area contributed by atoms with E-state index in [2.05, 4.69) is 10.5 Å². The zero-order valence-corrected chi connectivity index (χ0v) is 16.1. The average Bonchev–Trinajstić information content (AvgIpc) is 3.35. The molecule has 8 nitrogen and oxygen atoms in total. The van der Waals surface area contributed by atoms with Gasteiger partial charge in [-0.05, 0) is 19.3 Å². The van der Waals surface area contributed by atoms with Gasteiger partial charge in [-0.25, -0.2) is 4.79 Å². The van der Waals surface area contributed by atoms with E-state index in [4.69, 9.17) is 18.7 Å². The molecule has 8 heteroatoms. The van der Waals surface area contributed by atoms with Crippen molar-refractivity contribution in [1.29, 1.82) is 0 Å². The first-order chi connectivity index (χ1) is 13.1. The van der Waals surface area contributed by atoms with E-state index < -0.39 is 0 Å². The minimum absolute atomic E-state index is 0.111. The summed E-state index contributed by atoms with van der Waals surface area (Å²) in [5.74, 6) is 2.16. The summed E-state index contributed by atoms with van der Waals surface area (Å²) in [6, 6.07) is 5.01. The fourth-order valence-corrected chi connectivity index (χ4v) is 3.31. The van der Waals surface area contributed by atoms with Gasteiger partial charge >= 0.3 is 6.03 Å². The van der Waals surface area contributed by atoms with Crippen LogP contribution in [0.3, 0.4) is 0 Å². The Bertz CT molecular complexity index is 779. The van der Waals surface area contributed by atoms with Gasteiger partial charge in [-0.3, -0.25) is 0 Å². The summed E-state index contributed by atoms with van der Waals surface area (Å²) in [4.78, 5) is 14.6. The van der Waals surface area contributed by atoms with Crippen molar-refractivity contribution in [3.63, 3.8) is 0 Å². The van der Waals surface area contributed by atoms with Crippen LogP contribution in [0.15, 0.2) is 22.7 Å². The Balaban J connectivity index is 1.80. The van der Waals surface area contributed by atoms with E-state index in [0.29, 0.717) is 29.5 Å². The molecule has 1 aliphatic rings. The van der Waals surface area contributed by atoms with Crippen molar-refractivity contribution >= 4 is 11.7 Å². The molecule has 0 spiro atoms. The highest BCUT2D eigenvalue weighted by Gasteiger charge is 2.33. The fraction of sp³-hybridized carbons (Fsp3) is 0.474. The third-order valence-electron chi connectivity index (χ3n) is 4.70. The number of aromatic nitrogens is 1. The van der Waals surface area contributed by atoms with Gasteiger partial charge in [0.05, 0.1) is 38.8 Å². The first-order valence-corrected chi connectivity index (χ1v) is 8.94. The van der Waals surface area contributed by atoms with Crippen molar-refractivity contribution in [3.8, 4) is 17.2 Å². The van der Waals surface area contributed by atoms with E-state index in [-0.39, 0.29) is 12.1 Å². The Kier molecular flexibility index (Phi) is 5.73. The summed E-state index contributed by atoms with van der Waals surface area (Å²) >= 11 is 0. The van der Waals surface area contributed by atoms with Crippen LogP contribution in [-0.4, -0.2) is 44.0 Å². The lowest BCUT2D eigenvalue weighted by Gasteiger charge is -2.23. The molecule has 1 saturated heterocycles. The van der Waals surface area contributed by atoms with E-state index in [1.54, 1.807) is 17.0 Å². The Labute approximate surface area is 158 Å². The van der Waals surface area contributed by atoms with Crippen LogP contribution in [0.4, 0.5) is 10.5 Å². The van der Waals surface area contributed by atoms with Gasteiger partial charge in [-0.2, -0.15) is 0 Å². The number of anilines is 1. The SMILES string of the molecule is CCc1cc([C@@H]2CCCN2C(=O)Nc2cc(OC)c(OC)c(OC)c2)on1. The van der Waals surface area contributed by atoms with Gasteiger partial charge in [0.25, 0.3) is 0 Å². The maximum absolute atomic E-state index is 12.9. The molecule has 2 heterocycles. The highest BCUT2D eigenvalue weighted by molar-refractivity contribution is 5.90. The Hall–Kier alpha value is -2.90. The molecular weight excluding hydrogens is 350 g/mol. The lowest BCUT2D eigenvalue weighted by molar-refractivity contribution is 0.195. The molecule has 0 unspecified atom stereocenters. The molecule has 1 aliphatic heterocycles. The van der Waals surface area contributed by atoms with Gasteiger partial charge in [-0.15, -0.1) is 0 Å². The van der Waals surface area contributed by atoms with Gasteiger partial charge in [0.1, 0.15) is 0 Å². The Morgan fingerprint density at radius 2 is 1.93 bits per heavy atom. The fourth-order valence-electron chi connectivity index (χ4n) is 3.31. The molecule has 2 aromatic rings. The first kappa shape index (κ1) is 18.9. The lowest BCUT2D eigenvalue weighted by Crippen LogP contribution is -2.34. The Morgan fingerprint density at radius 3 is 2.48 bits per heavy atom.